The zero-order chi connectivity index (χ0) is 16.7. The summed E-state index contributed by atoms with van der Waals surface area (Å²) in [6.07, 6.45) is 1.11. The third kappa shape index (κ3) is 4.96. The van der Waals surface area contributed by atoms with Crippen LogP contribution < -0.4 is 4.74 Å². The first-order chi connectivity index (χ1) is 11.1. The quantitative estimate of drug-likeness (QED) is 0.339. The maximum atomic E-state index is 11.0. The highest BCUT2D eigenvalue weighted by molar-refractivity contribution is 5.81. The van der Waals surface area contributed by atoms with Crippen molar-refractivity contribution in [2.45, 2.75) is 13.2 Å². The summed E-state index contributed by atoms with van der Waals surface area (Å²) in [5.41, 5.74) is 1.72. The second-order valence-corrected chi connectivity index (χ2v) is 4.67. The van der Waals surface area contributed by atoms with Crippen LogP contribution in [0.15, 0.2) is 61.2 Å². The average Bonchev–Trinajstić information content (AvgIpc) is 2.59. The van der Waals surface area contributed by atoms with E-state index in [1.807, 2.05) is 0 Å². The number of nitro groups is 1. The van der Waals surface area contributed by atoms with E-state index >= 15 is 0 Å². The van der Waals surface area contributed by atoms with Gasteiger partial charge in [-0.1, -0.05) is 18.7 Å². The Morgan fingerprint density at radius 1 is 1.04 bits per heavy atom. The number of carbonyl (C=O) groups excluding carboxylic acids is 1. The third-order valence-electron chi connectivity index (χ3n) is 3.02. The summed E-state index contributed by atoms with van der Waals surface area (Å²) in [6.45, 7) is 3.81. The zero-order valence-electron chi connectivity index (χ0n) is 12.3. The lowest BCUT2D eigenvalue weighted by Crippen LogP contribution is -2.00. The van der Waals surface area contributed by atoms with Crippen LogP contribution in [0.4, 0.5) is 5.69 Å². The van der Waals surface area contributed by atoms with Gasteiger partial charge in [-0.3, -0.25) is 10.1 Å². The van der Waals surface area contributed by atoms with Crippen LogP contribution in [0.3, 0.4) is 0 Å². The molecule has 0 atom stereocenters. The van der Waals surface area contributed by atoms with Gasteiger partial charge in [-0.15, -0.1) is 0 Å². The Bertz CT molecular complexity index is 692. The molecule has 2 aromatic carbocycles. The largest absolute Gasteiger partial charge is 0.489 e. The summed E-state index contributed by atoms with van der Waals surface area (Å²) < 4.78 is 10.5. The molecule has 0 saturated carbocycles. The monoisotopic (exact) mass is 313 g/mol. The number of esters is 1. The first-order valence-electron chi connectivity index (χ1n) is 6.83. The van der Waals surface area contributed by atoms with Gasteiger partial charge < -0.3 is 9.47 Å². The van der Waals surface area contributed by atoms with E-state index in [-0.39, 0.29) is 12.3 Å². The summed E-state index contributed by atoms with van der Waals surface area (Å²) in [5.74, 6) is 0.186. The third-order valence-corrected chi connectivity index (χ3v) is 3.02. The minimum absolute atomic E-state index is 0.0483. The molecule has 2 aromatic rings. The smallest absolute Gasteiger partial charge is 0.330 e. The highest BCUT2D eigenvalue weighted by atomic mass is 16.6. The molecule has 118 valence electrons. The second kappa shape index (κ2) is 7.74. The molecule has 6 heteroatoms. The van der Waals surface area contributed by atoms with Gasteiger partial charge in [0.1, 0.15) is 19.0 Å². The Kier molecular flexibility index (Phi) is 5.46. The normalized spacial score (nSPS) is 9.91. The van der Waals surface area contributed by atoms with Crippen molar-refractivity contribution in [2.75, 3.05) is 0 Å². The molecular formula is C17H15NO5. The first-order valence-corrected chi connectivity index (χ1v) is 6.83. The van der Waals surface area contributed by atoms with E-state index in [1.165, 1.54) is 12.1 Å². The molecule has 0 aromatic heterocycles. The molecule has 0 aliphatic rings. The fourth-order valence-electron chi connectivity index (χ4n) is 1.78. The Balaban J connectivity index is 1.87. The molecular weight excluding hydrogens is 298 g/mol. The van der Waals surface area contributed by atoms with E-state index < -0.39 is 10.9 Å². The van der Waals surface area contributed by atoms with E-state index in [1.54, 1.807) is 36.4 Å². The van der Waals surface area contributed by atoms with Crippen LogP contribution >= 0.6 is 0 Å². The molecule has 0 spiro atoms. The number of ether oxygens (including phenoxy) is 2. The number of benzene rings is 2. The minimum atomic E-state index is -0.469. The van der Waals surface area contributed by atoms with Gasteiger partial charge >= 0.3 is 5.97 Å². The van der Waals surface area contributed by atoms with Gasteiger partial charge in [0.05, 0.1) is 4.92 Å². The van der Waals surface area contributed by atoms with Crippen molar-refractivity contribution in [1.29, 1.82) is 0 Å². The van der Waals surface area contributed by atoms with Crippen molar-refractivity contribution in [3.63, 3.8) is 0 Å². The highest BCUT2D eigenvalue weighted by Gasteiger charge is 2.04. The van der Waals surface area contributed by atoms with Gasteiger partial charge in [0.15, 0.2) is 0 Å². The summed E-state index contributed by atoms with van der Waals surface area (Å²) in [5, 5.41) is 10.6. The Morgan fingerprint density at radius 2 is 1.61 bits per heavy atom. The van der Waals surface area contributed by atoms with Crippen LogP contribution in [0.5, 0.6) is 5.75 Å². The number of hydrogen-bond acceptors (Lipinski definition) is 5. The fraction of sp³-hybridized carbons (Fsp3) is 0.118. The maximum Gasteiger partial charge on any atom is 0.330 e. The maximum absolute atomic E-state index is 11.0. The average molecular weight is 313 g/mol. The Hall–Kier alpha value is -3.15. The number of rotatable bonds is 7. The van der Waals surface area contributed by atoms with Crippen molar-refractivity contribution in [3.8, 4) is 5.75 Å². The SMILES string of the molecule is C=CC(=O)OCc1ccc(OCc2ccc([N+](=O)[O-])cc2)cc1. The minimum Gasteiger partial charge on any atom is -0.489 e. The molecule has 0 radical (unpaired) electrons. The highest BCUT2D eigenvalue weighted by Crippen LogP contribution is 2.17. The molecule has 6 nitrogen and oxygen atoms in total. The van der Waals surface area contributed by atoms with E-state index in [9.17, 15) is 14.9 Å². The predicted octanol–water partition coefficient (Wildman–Crippen LogP) is 3.40. The van der Waals surface area contributed by atoms with Crippen LogP contribution in [-0.2, 0) is 22.7 Å². The molecule has 0 aliphatic heterocycles. The Morgan fingerprint density at radius 3 is 2.17 bits per heavy atom. The predicted molar refractivity (Wildman–Crippen MR) is 83.9 cm³/mol. The molecule has 0 aliphatic carbocycles. The van der Waals surface area contributed by atoms with Gasteiger partial charge in [0, 0.05) is 18.2 Å². The van der Waals surface area contributed by atoms with Crippen LogP contribution in [0.2, 0.25) is 0 Å². The topological polar surface area (TPSA) is 78.7 Å². The van der Waals surface area contributed by atoms with Gasteiger partial charge in [0.2, 0.25) is 0 Å². The van der Waals surface area contributed by atoms with Crippen molar-refractivity contribution in [3.05, 3.63) is 82.4 Å². The zero-order valence-corrected chi connectivity index (χ0v) is 12.3. The Labute approximate surface area is 133 Å². The van der Waals surface area contributed by atoms with E-state index in [0.29, 0.717) is 12.4 Å². The lowest BCUT2D eigenvalue weighted by Gasteiger charge is -2.07. The lowest BCUT2D eigenvalue weighted by molar-refractivity contribution is -0.384. The standard InChI is InChI=1S/C17H15NO5/c1-2-17(19)23-12-14-5-9-16(10-6-14)22-11-13-3-7-15(8-4-13)18(20)21/h2-10H,1,11-12H2. The van der Waals surface area contributed by atoms with Crippen molar-refractivity contribution < 1.29 is 19.2 Å². The van der Waals surface area contributed by atoms with E-state index in [4.69, 9.17) is 9.47 Å². The molecule has 0 N–H and O–H groups in total. The van der Waals surface area contributed by atoms with Crippen LogP contribution in [0.25, 0.3) is 0 Å². The number of carbonyl (C=O) groups is 1. The van der Waals surface area contributed by atoms with Crippen LogP contribution in [0.1, 0.15) is 11.1 Å². The van der Waals surface area contributed by atoms with Gasteiger partial charge in [-0.25, -0.2) is 4.79 Å². The summed E-state index contributed by atoms with van der Waals surface area (Å²) in [7, 11) is 0. The van der Waals surface area contributed by atoms with Crippen molar-refractivity contribution >= 4 is 11.7 Å². The molecule has 0 unspecified atom stereocenters. The van der Waals surface area contributed by atoms with Crippen LogP contribution in [-0.4, -0.2) is 10.9 Å². The molecule has 0 bridgehead atoms. The number of nitrogens with zero attached hydrogens (tertiary/aromatic N) is 1. The van der Waals surface area contributed by atoms with E-state index in [0.717, 1.165) is 17.2 Å². The summed E-state index contributed by atoms with van der Waals surface area (Å²) in [4.78, 5) is 21.1. The van der Waals surface area contributed by atoms with E-state index in [2.05, 4.69) is 6.58 Å². The molecule has 2 rings (SSSR count). The first kappa shape index (κ1) is 16.2. The van der Waals surface area contributed by atoms with Crippen LogP contribution in [0, 0.1) is 10.1 Å². The number of hydrogen-bond donors (Lipinski definition) is 0. The molecule has 0 amide bonds. The fourth-order valence-corrected chi connectivity index (χ4v) is 1.78. The van der Waals surface area contributed by atoms with Crippen molar-refractivity contribution in [2.24, 2.45) is 0 Å². The summed E-state index contributed by atoms with van der Waals surface area (Å²) in [6, 6.07) is 13.3. The molecule has 23 heavy (non-hydrogen) atoms. The molecule has 0 fully saturated rings. The number of non-ortho nitro benzene ring substituents is 1. The lowest BCUT2D eigenvalue weighted by atomic mass is 10.2. The van der Waals surface area contributed by atoms with Gasteiger partial charge in [-0.2, -0.15) is 0 Å². The second-order valence-electron chi connectivity index (χ2n) is 4.67. The number of nitro benzene ring substituents is 1. The van der Waals surface area contributed by atoms with Gasteiger partial charge in [0.25, 0.3) is 5.69 Å². The molecule has 0 heterocycles. The van der Waals surface area contributed by atoms with Crippen molar-refractivity contribution in [1.82, 2.24) is 0 Å². The molecule has 0 saturated heterocycles. The summed E-state index contributed by atoms with van der Waals surface area (Å²) >= 11 is 0. The van der Waals surface area contributed by atoms with Gasteiger partial charge in [-0.05, 0) is 35.4 Å².